The Morgan fingerprint density at radius 3 is 2.82 bits per heavy atom. The summed E-state index contributed by atoms with van der Waals surface area (Å²) in [7, 11) is 0. The number of hydrogen-bond acceptors (Lipinski definition) is 3. The highest BCUT2D eigenvalue weighted by Gasteiger charge is 2.20. The van der Waals surface area contributed by atoms with Gasteiger partial charge in [-0.15, -0.1) is 11.3 Å². The second-order valence-corrected chi connectivity index (χ2v) is 5.64. The number of furan rings is 1. The summed E-state index contributed by atoms with van der Waals surface area (Å²) in [6.45, 7) is 1.86. The molecule has 0 amide bonds. The first-order valence-corrected chi connectivity index (χ1v) is 6.78. The van der Waals surface area contributed by atoms with Gasteiger partial charge in [-0.2, -0.15) is 0 Å². The molecule has 0 saturated carbocycles. The van der Waals surface area contributed by atoms with Crippen LogP contribution in [0.1, 0.15) is 44.5 Å². The second-order valence-electron chi connectivity index (χ2n) is 4.51. The molecule has 0 aliphatic heterocycles. The van der Waals surface area contributed by atoms with Gasteiger partial charge in [0.1, 0.15) is 5.76 Å². The van der Waals surface area contributed by atoms with Crippen LogP contribution in [0.3, 0.4) is 0 Å². The van der Waals surface area contributed by atoms with Crippen molar-refractivity contribution >= 4 is 17.1 Å². The summed E-state index contributed by atoms with van der Waals surface area (Å²) in [6, 6.07) is 5.65. The van der Waals surface area contributed by atoms with E-state index in [2.05, 4.69) is 6.07 Å². The molecule has 17 heavy (non-hydrogen) atoms. The van der Waals surface area contributed by atoms with E-state index in [9.17, 15) is 4.79 Å². The molecule has 88 valence electrons. The van der Waals surface area contributed by atoms with Crippen LogP contribution < -0.4 is 0 Å². The van der Waals surface area contributed by atoms with Gasteiger partial charge in [-0.05, 0) is 56.4 Å². The van der Waals surface area contributed by atoms with Crippen molar-refractivity contribution in [2.75, 3.05) is 0 Å². The number of thiophene rings is 1. The molecule has 0 fully saturated rings. The summed E-state index contributed by atoms with van der Waals surface area (Å²) in [4.78, 5) is 14.4. The minimum absolute atomic E-state index is 0.0255. The van der Waals surface area contributed by atoms with E-state index in [1.165, 1.54) is 23.3 Å². The number of carbonyl (C=O) groups is 1. The third-order valence-electron chi connectivity index (χ3n) is 3.18. The number of aryl methyl sites for hydroxylation is 3. The lowest BCUT2D eigenvalue weighted by atomic mass is 9.99. The van der Waals surface area contributed by atoms with Crippen molar-refractivity contribution < 1.29 is 9.21 Å². The van der Waals surface area contributed by atoms with Gasteiger partial charge in [0.2, 0.25) is 5.78 Å². The van der Waals surface area contributed by atoms with Crippen LogP contribution in [0.2, 0.25) is 0 Å². The third kappa shape index (κ3) is 1.95. The fourth-order valence-corrected chi connectivity index (χ4v) is 3.48. The molecule has 1 aliphatic carbocycles. The topological polar surface area (TPSA) is 30.2 Å². The van der Waals surface area contributed by atoms with E-state index in [4.69, 9.17) is 4.42 Å². The number of fused-ring (bicyclic) bond motifs is 1. The van der Waals surface area contributed by atoms with Gasteiger partial charge in [-0.1, -0.05) is 0 Å². The standard InChI is InChI=1S/C14H14O2S/c1-9-6-7-11(16-9)14(15)13-8-10-4-2-3-5-12(10)17-13/h6-8H,2-5H2,1H3. The molecule has 0 radical (unpaired) electrons. The van der Waals surface area contributed by atoms with E-state index in [1.807, 2.05) is 13.0 Å². The first-order chi connectivity index (χ1) is 8.24. The molecule has 0 bridgehead atoms. The summed E-state index contributed by atoms with van der Waals surface area (Å²) in [6.07, 6.45) is 4.75. The van der Waals surface area contributed by atoms with Gasteiger partial charge >= 0.3 is 0 Å². The van der Waals surface area contributed by atoms with Crippen LogP contribution in [0.4, 0.5) is 0 Å². The Kier molecular flexibility index (Phi) is 2.63. The Hall–Kier alpha value is -1.35. The molecule has 3 heteroatoms. The van der Waals surface area contributed by atoms with Gasteiger partial charge in [0.05, 0.1) is 4.88 Å². The molecule has 3 rings (SSSR count). The molecule has 0 N–H and O–H groups in total. The summed E-state index contributed by atoms with van der Waals surface area (Å²) >= 11 is 1.64. The quantitative estimate of drug-likeness (QED) is 0.755. The molecule has 2 heterocycles. The first-order valence-electron chi connectivity index (χ1n) is 5.97. The van der Waals surface area contributed by atoms with Crippen LogP contribution in [0.5, 0.6) is 0 Å². The molecule has 2 aromatic heterocycles. The number of rotatable bonds is 2. The fraction of sp³-hybridized carbons (Fsp3) is 0.357. The van der Waals surface area contributed by atoms with E-state index in [0.717, 1.165) is 23.5 Å². The maximum Gasteiger partial charge on any atom is 0.238 e. The lowest BCUT2D eigenvalue weighted by Gasteiger charge is -2.08. The fourth-order valence-electron chi connectivity index (χ4n) is 2.28. The smallest absolute Gasteiger partial charge is 0.238 e. The minimum atomic E-state index is 0.0255. The minimum Gasteiger partial charge on any atom is -0.458 e. The average molecular weight is 246 g/mol. The number of ketones is 1. The van der Waals surface area contributed by atoms with Gasteiger partial charge in [-0.25, -0.2) is 0 Å². The summed E-state index contributed by atoms with van der Waals surface area (Å²) in [5.74, 6) is 1.27. The Morgan fingerprint density at radius 2 is 2.12 bits per heavy atom. The van der Waals surface area contributed by atoms with Crippen molar-refractivity contribution in [2.45, 2.75) is 32.6 Å². The molecule has 1 aliphatic rings. The zero-order valence-electron chi connectivity index (χ0n) is 9.79. The van der Waals surface area contributed by atoms with Gasteiger partial charge in [0.15, 0.2) is 5.76 Å². The Balaban J connectivity index is 1.94. The third-order valence-corrected chi connectivity index (χ3v) is 4.42. The van der Waals surface area contributed by atoms with Crippen molar-refractivity contribution in [2.24, 2.45) is 0 Å². The van der Waals surface area contributed by atoms with Crippen molar-refractivity contribution in [1.82, 2.24) is 0 Å². The highest BCUT2D eigenvalue weighted by Crippen LogP contribution is 2.31. The van der Waals surface area contributed by atoms with Crippen molar-refractivity contribution in [3.8, 4) is 0 Å². The normalized spacial score (nSPS) is 14.6. The molecule has 0 atom stereocenters. The van der Waals surface area contributed by atoms with Crippen molar-refractivity contribution in [1.29, 1.82) is 0 Å². The highest BCUT2D eigenvalue weighted by atomic mass is 32.1. The van der Waals surface area contributed by atoms with Crippen LogP contribution >= 0.6 is 11.3 Å². The largest absolute Gasteiger partial charge is 0.458 e. The van der Waals surface area contributed by atoms with Gasteiger partial charge in [0, 0.05) is 4.88 Å². The maximum atomic E-state index is 12.2. The van der Waals surface area contributed by atoms with E-state index < -0.39 is 0 Å². The van der Waals surface area contributed by atoms with Gasteiger partial charge in [-0.3, -0.25) is 4.79 Å². The Morgan fingerprint density at radius 1 is 1.29 bits per heavy atom. The maximum absolute atomic E-state index is 12.2. The van der Waals surface area contributed by atoms with E-state index >= 15 is 0 Å². The lowest BCUT2D eigenvalue weighted by molar-refractivity contribution is 0.101. The molecular formula is C14H14O2S. The average Bonchev–Trinajstić information content (AvgIpc) is 2.93. The van der Waals surface area contributed by atoms with Crippen LogP contribution in [-0.2, 0) is 12.8 Å². The van der Waals surface area contributed by atoms with Crippen molar-refractivity contribution in [3.63, 3.8) is 0 Å². The first kappa shape index (κ1) is 10.8. The molecule has 2 nitrogen and oxygen atoms in total. The lowest BCUT2D eigenvalue weighted by Crippen LogP contribution is -1.97. The molecule has 0 unspecified atom stereocenters. The SMILES string of the molecule is Cc1ccc(C(=O)c2cc3c(s2)CCCC3)o1. The van der Waals surface area contributed by atoms with Gasteiger partial charge in [0.25, 0.3) is 0 Å². The van der Waals surface area contributed by atoms with Crippen molar-refractivity contribution in [3.05, 3.63) is 45.0 Å². The van der Waals surface area contributed by atoms with Crippen LogP contribution in [0.25, 0.3) is 0 Å². The molecule has 2 aromatic rings. The predicted octanol–water partition coefficient (Wildman–Crippen LogP) is 3.76. The Labute approximate surface area is 104 Å². The van der Waals surface area contributed by atoms with Crippen LogP contribution in [0, 0.1) is 6.92 Å². The van der Waals surface area contributed by atoms with Crippen LogP contribution in [0.15, 0.2) is 22.6 Å². The highest BCUT2D eigenvalue weighted by molar-refractivity contribution is 7.14. The van der Waals surface area contributed by atoms with E-state index in [0.29, 0.717) is 5.76 Å². The molecule has 0 aromatic carbocycles. The second kappa shape index (κ2) is 4.15. The molecule has 0 spiro atoms. The van der Waals surface area contributed by atoms with E-state index in [-0.39, 0.29) is 5.78 Å². The van der Waals surface area contributed by atoms with E-state index in [1.54, 1.807) is 17.4 Å². The number of hydrogen-bond donors (Lipinski definition) is 0. The Bertz CT molecular complexity index is 539. The summed E-state index contributed by atoms with van der Waals surface area (Å²) in [5, 5.41) is 0. The molecule has 0 saturated heterocycles. The van der Waals surface area contributed by atoms with Gasteiger partial charge < -0.3 is 4.42 Å². The zero-order valence-corrected chi connectivity index (χ0v) is 10.6. The van der Waals surface area contributed by atoms with Crippen LogP contribution in [-0.4, -0.2) is 5.78 Å². The predicted molar refractivity (Wildman–Crippen MR) is 67.8 cm³/mol. The number of carbonyl (C=O) groups excluding carboxylic acids is 1. The molecular weight excluding hydrogens is 232 g/mol. The monoisotopic (exact) mass is 246 g/mol. The summed E-state index contributed by atoms with van der Waals surface area (Å²) in [5.41, 5.74) is 1.37. The zero-order chi connectivity index (χ0) is 11.8. The summed E-state index contributed by atoms with van der Waals surface area (Å²) < 4.78 is 5.39.